The summed E-state index contributed by atoms with van der Waals surface area (Å²) in [6, 6.07) is 0.627. The zero-order valence-corrected chi connectivity index (χ0v) is 11.5. The Morgan fingerprint density at radius 1 is 1.27 bits per heavy atom. The van der Waals surface area contributed by atoms with Crippen LogP contribution in [-0.4, -0.2) is 30.1 Å². The van der Waals surface area contributed by atoms with Gasteiger partial charge in [-0.05, 0) is 39.7 Å². The van der Waals surface area contributed by atoms with Crippen molar-refractivity contribution >= 4 is 0 Å². The average Bonchev–Trinajstić information content (AvgIpc) is 2.15. The molecule has 0 spiro atoms. The van der Waals surface area contributed by atoms with Gasteiger partial charge in [0.15, 0.2) is 0 Å². The molecule has 92 valence electrons. The Labute approximate surface area is 96.2 Å². The molecule has 2 heteroatoms. The lowest BCUT2D eigenvalue weighted by molar-refractivity contribution is 0.0761. The molecule has 2 N–H and O–H groups in total. The predicted molar refractivity (Wildman–Crippen MR) is 69.0 cm³/mol. The number of rotatable bonds is 7. The second-order valence-corrected chi connectivity index (χ2v) is 5.55. The lowest BCUT2D eigenvalue weighted by atomic mass is 9.88. The summed E-state index contributed by atoms with van der Waals surface area (Å²) in [6.45, 7) is 12.1. The first-order chi connectivity index (χ1) is 6.87. The van der Waals surface area contributed by atoms with E-state index in [0.29, 0.717) is 12.0 Å². The van der Waals surface area contributed by atoms with Crippen LogP contribution >= 0.6 is 0 Å². The molecule has 0 aromatic rings. The van der Waals surface area contributed by atoms with Gasteiger partial charge >= 0.3 is 0 Å². The van der Waals surface area contributed by atoms with E-state index in [1.807, 2.05) is 0 Å². The van der Waals surface area contributed by atoms with Gasteiger partial charge in [0, 0.05) is 18.1 Å². The quantitative estimate of drug-likeness (QED) is 0.706. The van der Waals surface area contributed by atoms with Gasteiger partial charge in [0.1, 0.15) is 0 Å². The molecule has 0 aliphatic heterocycles. The first kappa shape index (κ1) is 14.9. The second kappa shape index (κ2) is 6.49. The van der Waals surface area contributed by atoms with E-state index in [0.717, 1.165) is 6.54 Å². The van der Waals surface area contributed by atoms with Crippen molar-refractivity contribution < 1.29 is 0 Å². The van der Waals surface area contributed by atoms with Crippen LogP contribution in [0, 0.1) is 5.92 Å². The van der Waals surface area contributed by atoms with Crippen molar-refractivity contribution in [2.24, 2.45) is 11.7 Å². The van der Waals surface area contributed by atoms with Gasteiger partial charge in [0.2, 0.25) is 0 Å². The Bertz CT molecular complexity index is 168. The maximum absolute atomic E-state index is 5.95. The summed E-state index contributed by atoms with van der Waals surface area (Å²) < 4.78 is 0. The Balaban J connectivity index is 4.48. The number of likely N-dealkylation sites (N-methyl/N-ethyl adjacent to an activating group) is 1. The lowest BCUT2D eigenvalue weighted by Gasteiger charge is -2.43. The minimum absolute atomic E-state index is 0.156. The van der Waals surface area contributed by atoms with Crippen LogP contribution in [0.5, 0.6) is 0 Å². The van der Waals surface area contributed by atoms with Crippen molar-refractivity contribution in [3.63, 3.8) is 0 Å². The molecule has 0 saturated heterocycles. The van der Waals surface area contributed by atoms with Gasteiger partial charge in [-0.2, -0.15) is 0 Å². The van der Waals surface area contributed by atoms with Gasteiger partial charge in [-0.15, -0.1) is 0 Å². The first-order valence-corrected chi connectivity index (χ1v) is 6.30. The van der Waals surface area contributed by atoms with Crippen LogP contribution < -0.4 is 5.73 Å². The van der Waals surface area contributed by atoms with Crippen molar-refractivity contribution in [3.8, 4) is 0 Å². The molecular weight excluding hydrogens is 184 g/mol. The van der Waals surface area contributed by atoms with Gasteiger partial charge in [0.25, 0.3) is 0 Å². The van der Waals surface area contributed by atoms with Gasteiger partial charge in [-0.1, -0.05) is 27.2 Å². The first-order valence-electron chi connectivity index (χ1n) is 6.30. The van der Waals surface area contributed by atoms with Crippen LogP contribution in [0.25, 0.3) is 0 Å². The fourth-order valence-corrected chi connectivity index (χ4v) is 2.39. The summed E-state index contributed by atoms with van der Waals surface area (Å²) in [4.78, 5) is 2.47. The van der Waals surface area contributed by atoms with Crippen LogP contribution in [0.2, 0.25) is 0 Å². The molecule has 0 rings (SSSR count). The summed E-state index contributed by atoms with van der Waals surface area (Å²) in [6.07, 6.45) is 3.67. The van der Waals surface area contributed by atoms with E-state index in [4.69, 9.17) is 5.73 Å². The van der Waals surface area contributed by atoms with Crippen molar-refractivity contribution in [2.45, 2.75) is 65.5 Å². The monoisotopic (exact) mass is 214 g/mol. The summed E-state index contributed by atoms with van der Waals surface area (Å²) in [7, 11) is 2.22. The van der Waals surface area contributed by atoms with Crippen molar-refractivity contribution in [1.82, 2.24) is 4.90 Å². The third-order valence-electron chi connectivity index (χ3n) is 3.51. The van der Waals surface area contributed by atoms with E-state index >= 15 is 0 Å². The van der Waals surface area contributed by atoms with Gasteiger partial charge < -0.3 is 5.73 Å². The Hall–Kier alpha value is -0.0800. The van der Waals surface area contributed by atoms with Gasteiger partial charge in [-0.25, -0.2) is 0 Å². The SMILES string of the molecule is CCCC(C)N(C)C(C)(CN)CC(C)C. The standard InChI is InChI=1S/C13H30N2/c1-7-8-12(4)15(6)13(5,10-14)9-11(2)3/h11-12H,7-10,14H2,1-6H3. The van der Waals surface area contributed by atoms with E-state index < -0.39 is 0 Å². The molecule has 0 aromatic heterocycles. The molecule has 2 atom stereocenters. The summed E-state index contributed by atoms with van der Waals surface area (Å²) in [5.41, 5.74) is 6.10. The molecule has 0 aromatic carbocycles. The highest BCUT2D eigenvalue weighted by molar-refractivity contribution is 4.88. The van der Waals surface area contributed by atoms with Crippen molar-refractivity contribution in [2.75, 3.05) is 13.6 Å². The van der Waals surface area contributed by atoms with Crippen molar-refractivity contribution in [1.29, 1.82) is 0 Å². The minimum atomic E-state index is 0.156. The third-order valence-corrected chi connectivity index (χ3v) is 3.51. The van der Waals surface area contributed by atoms with E-state index in [9.17, 15) is 0 Å². The highest BCUT2D eigenvalue weighted by Gasteiger charge is 2.31. The number of hydrogen-bond acceptors (Lipinski definition) is 2. The van der Waals surface area contributed by atoms with Gasteiger partial charge in [0.05, 0.1) is 0 Å². The van der Waals surface area contributed by atoms with Crippen LogP contribution in [0.4, 0.5) is 0 Å². The topological polar surface area (TPSA) is 29.3 Å². The molecule has 0 amide bonds. The number of hydrogen-bond donors (Lipinski definition) is 1. The maximum Gasteiger partial charge on any atom is 0.0305 e. The number of nitrogens with zero attached hydrogens (tertiary/aromatic N) is 1. The number of nitrogens with two attached hydrogens (primary N) is 1. The van der Waals surface area contributed by atoms with Crippen LogP contribution in [-0.2, 0) is 0 Å². The summed E-state index contributed by atoms with van der Waals surface area (Å²) >= 11 is 0. The molecule has 0 aliphatic rings. The highest BCUT2D eigenvalue weighted by atomic mass is 15.2. The summed E-state index contributed by atoms with van der Waals surface area (Å²) in [5.74, 6) is 0.704. The highest BCUT2D eigenvalue weighted by Crippen LogP contribution is 2.24. The molecule has 0 bridgehead atoms. The fraction of sp³-hybridized carbons (Fsp3) is 1.00. The molecule has 15 heavy (non-hydrogen) atoms. The minimum Gasteiger partial charge on any atom is -0.329 e. The Kier molecular flexibility index (Phi) is 6.46. The summed E-state index contributed by atoms with van der Waals surface area (Å²) in [5, 5.41) is 0. The molecular formula is C13H30N2. The van der Waals surface area contributed by atoms with Crippen molar-refractivity contribution in [3.05, 3.63) is 0 Å². The van der Waals surface area contributed by atoms with E-state index in [1.54, 1.807) is 0 Å². The Morgan fingerprint density at radius 2 is 1.80 bits per heavy atom. The molecule has 0 saturated carbocycles. The fourth-order valence-electron chi connectivity index (χ4n) is 2.39. The molecule has 0 radical (unpaired) electrons. The molecule has 2 unspecified atom stereocenters. The maximum atomic E-state index is 5.95. The average molecular weight is 214 g/mol. The zero-order valence-electron chi connectivity index (χ0n) is 11.5. The predicted octanol–water partition coefficient (Wildman–Crippen LogP) is 2.87. The molecule has 0 aliphatic carbocycles. The lowest BCUT2D eigenvalue weighted by Crippen LogP contribution is -2.53. The second-order valence-electron chi connectivity index (χ2n) is 5.55. The third kappa shape index (κ3) is 4.52. The normalized spacial score (nSPS) is 18.2. The molecule has 2 nitrogen and oxygen atoms in total. The largest absolute Gasteiger partial charge is 0.329 e. The van der Waals surface area contributed by atoms with E-state index in [-0.39, 0.29) is 5.54 Å². The zero-order chi connectivity index (χ0) is 12.1. The van der Waals surface area contributed by atoms with Crippen LogP contribution in [0.1, 0.15) is 53.9 Å². The smallest absolute Gasteiger partial charge is 0.0305 e. The van der Waals surface area contributed by atoms with Crippen LogP contribution in [0.15, 0.2) is 0 Å². The van der Waals surface area contributed by atoms with Gasteiger partial charge in [-0.3, -0.25) is 4.90 Å². The van der Waals surface area contributed by atoms with E-state index in [1.165, 1.54) is 19.3 Å². The molecule has 0 fully saturated rings. The van der Waals surface area contributed by atoms with Crippen LogP contribution in [0.3, 0.4) is 0 Å². The van der Waals surface area contributed by atoms with E-state index in [2.05, 4.69) is 46.6 Å². The Morgan fingerprint density at radius 3 is 2.13 bits per heavy atom. The molecule has 0 heterocycles.